The van der Waals surface area contributed by atoms with E-state index in [0.717, 1.165) is 0 Å². The Morgan fingerprint density at radius 3 is 2.22 bits per heavy atom. The topological polar surface area (TPSA) is 83.4 Å². The van der Waals surface area contributed by atoms with Crippen molar-refractivity contribution in [1.82, 2.24) is 10.2 Å². The molecule has 1 amide bonds. The minimum absolute atomic E-state index is 0.0343. The van der Waals surface area contributed by atoms with E-state index in [0.29, 0.717) is 25.5 Å². The molecule has 1 aromatic heterocycles. The molecule has 4 rings (SSSR count). The molecule has 1 aliphatic heterocycles. The molecule has 1 atom stereocenters. The quantitative estimate of drug-likeness (QED) is 0.151. The van der Waals surface area contributed by atoms with Gasteiger partial charge in [-0.2, -0.15) is 0 Å². The van der Waals surface area contributed by atoms with Crippen molar-refractivity contribution in [3.05, 3.63) is 75.3 Å². The molecule has 1 aliphatic rings. The number of carbonyl (C=O) groups excluding carboxylic acids is 2. The summed E-state index contributed by atoms with van der Waals surface area (Å²) >= 11 is 14.7. The second-order valence-corrected chi connectivity index (χ2v) is 10.9. The molecule has 6 nitrogen and oxygen atoms in total. The number of aliphatic hydroxyl groups excluding tert-OH is 1. The fourth-order valence-corrected chi connectivity index (χ4v) is 5.65. The minimum Gasteiger partial charge on any atom is -0.507 e. The largest absolute Gasteiger partial charge is 0.507 e. The Hall–Kier alpha value is -2.39. The van der Waals surface area contributed by atoms with Gasteiger partial charge in [0.1, 0.15) is 5.76 Å². The highest BCUT2D eigenvalue weighted by Gasteiger charge is 2.48. The van der Waals surface area contributed by atoms with Crippen LogP contribution in [0.5, 0.6) is 0 Å². The SMILES string of the molecule is CC(C)Sc1nnc(N2C(=O)C(=O)/C(=C(/O)c3ccc(Cl)cc3)C2c2ccc(Cl)cc2)s1. The Morgan fingerprint density at radius 1 is 1.03 bits per heavy atom. The molecule has 2 aromatic carbocycles. The molecule has 1 N–H and O–H groups in total. The maximum atomic E-state index is 13.1. The van der Waals surface area contributed by atoms with E-state index in [9.17, 15) is 14.7 Å². The summed E-state index contributed by atoms with van der Waals surface area (Å²) < 4.78 is 0.685. The first kappa shape index (κ1) is 22.8. The Bertz CT molecular complexity index is 1210. The van der Waals surface area contributed by atoms with Gasteiger partial charge in [-0.15, -0.1) is 10.2 Å². The molecule has 164 valence electrons. The Labute approximate surface area is 202 Å². The smallest absolute Gasteiger partial charge is 0.301 e. The van der Waals surface area contributed by atoms with Crippen molar-refractivity contribution < 1.29 is 14.7 Å². The molecule has 1 unspecified atom stereocenters. The van der Waals surface area contributed by atoms with Gasteiger partial charge in [0.2, 0.25) is 5.13 Å². The van der Waals surface area contributed by atoms with Crippen LogP contribution < -0.4 is 4.90 Å². The number of aromatic nitrogens is 2. The van der Waals surface area contributed by atoms with Crippen LogP contribution in [0.25, 0.3) is 5.76 Å². The first-order valence-corrected chi connectivity index (χ1v) is 12.0. The van der Waals surface area contributed by atoms with Crippen molar-refractivity contribution in [2.45, 2.75) is 29.5 Å². The van der Waals surface area contributed by atoms with Gasteiger partial charge in [-0.25, -0.2) is 0 Å². The number of hydrogen-bond donors (Lipinski definition) is 1. The van der Waals surface area contributed by atoms with Crippen LogP contribution in [0.2, 0.25) is 10.0 Å². The van der Waals surface area contributed by atoms with Gasteiger partial charge in [-0.05, 0) is 42.0 Å². The number of hydrogen-bond acceptors (Lipinski definition) is 7. The number of benzene rings is 2. The van der Waals surface area contributed by atoms with Crippen molar-refractivity contribution in [3.63, 3.8) is 0 Å². The number of halogens is 2. The number of Topliss-reactive ketones (excluding diaryl/α,β-unsaturated/α-hetero) is 1. The number of ketones is 1. The van der Waals surface area contributed by atoms with Gasteiger partial charge in [0.25, 0.3) is 5.78 Å². The average molecular weight is 506 g/mol. The average Bonchev–Trinajstić information content (AvgIpc) is 3.30. The van der Waals surface area contributed by atoms with Crippen LogP contribution in [-0.4, -0.2) is 32.2 Å². The van der Waals surface area contributed by atoms with Gasteiger partial charge in [0, 0.05) is 20.9 Å². The van der Waals surface area contributed by atoms with E-state index in [1.165, 1.54) is 28.0 Å². The fourth-order valence-electron chi connectivity index (χ4n) is 3.30. The number of rotatable bonds is 5. The third-order valence-corrected chi connectivity index (χ3v) is 7.20. The lowest BCUT2D eigenvalue weighted by atomic mass is 9.95. The third-order valence-electron chi connectivity index (χ3n) is 4.69. The molecule has 3 aromatic rings. The predicted molar refractivity (Wildman–Crippen MR) is 129 cm³/mol. The first-order valence-electron chi connectivity index (χ1n) is 9.59. The number of carbonyl (C=O) groups is 2. The molecule has 0 spiro atoms. The van der Waals surface area contributed by atoms with Crippen molar-refractivity contribution in [2.24, 2.45) is 0 Å². The molecule has 0 radical (unpaired) electrons. The van der Waals surface area contributed by atoms with Gasteiger partial charge >= 0.3 is 5.91 Å². The number of amides is 1. The molecule has 1 saturated heterocycles. The predicted octanol–water partition coefficient (Wildman–Crippen LogP) is 5.97. The van der Waals surface area contributed by atoms with Crippen LogP contribution >= 0.6 is 46.3 Å². The molecular weight excluding hydrogens is 489 g/mol. The second-order valence-electron chi connectivity index (χ2n) is 7.24. The lowest BCUT2D eigenvalue weighted by Crippen LogP contribution is -2.29. The number of anilines is 1. The summed E-state index contributed by atoms with van der Waals surface area (Å²) in [5.74, 6) is -1.87. The Kier molecular flexibility index (Phi) is 6.57. The summed E-state index contributed by atoms with van der Waals surface area (Å²) in [6.07, 6.45) is 0. The van der Waals surface area contributed by atoms with E-state index >= 15 is 0 Å². The summed E-state index contributed by atoms with van der Waals surface area (Å²) in [5.41, 5.74) is 0.949. The molecular formula is C22H17Cl2N3O3S2. The van der Waals surface area contributed by atoms with Gasteiger partial charge in [-0.1, -0.05) is 72.3 Å². The van der Waals surface area contributed by atoms with Crippen LogP contribution in [0.1, 0.15) is 31.0 Å². The highest BCUT2D eigenvalue weighted by molar-refractivity contribution is 8.01. The van der Waals surface area contributed by atoms with Crippen molar-refractivity contribution in [3.8, 4) is 0 Å². The zero-order valence-corrected chi connectivity index (χ0v) is 20.1. The molecule has 0 saturated carbocycles. The first-order chi connectivity index (χ1) is 15.3. The van der Waals surface area contributed by atoms with Gasteiger partial charge in [0.05, 0.1) is 11.6 Å². The lowest BCUT2D eigenvalue weighted by Gasteiger charge is -2.22. The maximum absolute atomic E-state index is 13.1. The molecule has 10 heteroatoms. The highest BCUT2D eigenvalue weighted by Crippen LogP contribution is 2.44. The maximum Gasteiger partial charge on any atom is 0.301 e. The zero-order chi connectivity index (χ0) is 23.0. The van der Waals surface area contributed by atoms with E-state index in [1.54, 1.807) is 48.5 Å². The van der Waals surface area contributed by atoms with Crippen LogP contribution in [0.3, 0.4) is 0 Å². The van der Waals surface area contributed by atoms with E-state index < -0.39 is 17.7 Å². The highest BCUT2D eigenvalue weighted by atomic mass is 35.5. The summed E-state index contributed by atoms with van der Waals surface area (Å²) in [4.78, 5) is 27.5. The van der Waals surface area contributed by atoms with Crippen LogP contribution in [-0.2, 0) is 9.59 Å². The molecule has 1 fully saturated rings. The monoisotopic (exact) mass is 505 g/mol. The summed E-state index contributed by atoms with van der Waals surface area (Å²) in [6.45, 7) is 4.05. The van der Waals surface area contributed by atoms with Gasteiger partial charge in [0.15, 0.2) is 4.34 Å². The summed E-state index contributed by atoms with van der Waals surface area (Å²) in [6, 6.07) is 12.3. The van der Waals surface area contributed by atoms with Crippen molar-refractivity contribution in [2.75, 3.05) is 4.90 Å². The number of thioether (sulfide) groups is 1. The normalized spacial score (nSPS) is 18.0. The Balaban J connectivity index is 1.87. The number of nitrogens with zero attached hydrogens (tertiary/aromatic N) is 3. The van der Waals surface area contributed by atoms with Gasteiger partial charge < -0.3 is 5.11 Å². The van der Waals surface area contributed by atoms with Gasteiger partial charge in [-0.3, -0.25) is 14.5 Å². The molecule has 32 heavy (non-hydrogen) atoms. The van der Waals surface area contributed by atoms with Crippen LogP contribution in [0, 0.1) is 0 Å². The molecule has 0 aliphatic carbocycles. The standard InChI is InChI=1S/C22H17Cl2N3O3S2/c1-11(2)31-22-26-25-21(32-22)27-17(12-3-7-14(23)8-4-12)16(19(29)20(27)30)18(28)13-5-9-15(24)10-6-13/h3-11,17,28H,1-2H3/b18-16+. The van der Waals surface area contributed by atoms with E-state index in [1.807, 2.05) is 13.8 Å². The molecule has 0 bridgehead atoms. The van der Waals surface area contributed by atoms with E-state index in [4.69, 9.17) is 23.2 Å². The summed E-state index contributed by atoms with van der Waals surface area (Å²) in [7, 11) is 0. The number of aliphatic hydroxyl groups is 1. The zero-order valence-electron chi connectivity index (χ0n) is 17.0. The lowest BCUT2D eigenvalue weighted by molar-refractivity contribution is -0.132. The fraction of sp³-hybridized carbons (Fsp3) is 0.182. The third kappa shape index (κ3) is 4.41. The van der Waals surface area contributed by atoms with Crippen molar-refractivity contribution >= 4 is 68.9 Å². The van der Waals surface area contributed by atoms with Crippen molar-refractivity contribution in [1.29, 1.82) is 0 Å². The molecule has 2 heterocycles. The summed E-state index contributed by atoms with van der Waals surface area (Å²) in [5, 5.41) is 20.9. The Morgan fingerprint density at radius 2 is 1.62 bits per heavy atom. The second kappa shape index (κ2) is 9.23. The van der Waals surface area contributed by atoms with Crippen LogP contribution in [0.15, 0.2) is 58.4 Å². The van der Waals surface area contributed by atoms with E-state index in [-0.39, 0.29) is 21.7 Å². The minimum atomic E-state index is -0.882. The van der Waals surface area contributed by atoms with Crippen LogP contribution in [0.4, 0.5) is 5.13 Å². The van der Waals surface area contributed by atoms with E-state index in [2.05, 4.69) is 10.2 Å².